The van der Waals surface area contributed by atoms with Gasteiger partial charge in [0.15, 0.2) is 0 Å². The van der Waals surface area contributed by atoms with Crippen LogP contribution in [-0.4, -0.2) is 31.7 Å². The molecule has 7 heavy (non-hydrogen) atoms. The van der Waals surface area contributed by atoms with Gasteiger partial charge in [-0.2, -0.15) is 0 Å². The Labute approximate surface area is 55.7 Å². The number of likely N-dealkylation sites (tertiary alicyclic amines) is 1. The summed E-state index contributed by atoms with van der Waals surface area (Å²) >= 11 is 0. The summed E-state index contributed by atoms with van der Waals surface area (Å²) in [6.45, 7) is 2.78. The predicted octanol–water partition coefficient (Wildman–Crippen LogP) is -2.53. The highest BCUT2D eigenvalue weighted by atomic mass is 79.9. The second-order valence-corrected chi connectivity index (χ2v) is 2.74. The normalized spacial score (nSPS) is 24.9. The van der Waals surface area contributed by atoms with Crippen molar-refractivity contribution >= 4 is 0 Å². The molecule has 0 amide bonds. The Bertz CT molecular complexity index is 55.1. The summed E-state index contributed by atoms with van der Waals surface area (Å²) in [5, 5.41) is 0. The highest BCUT2D eigenvalue weighted by Crippen LogP contribution is 2.10. The Balaban J connectivity index is 0.000000360. The molecule has 0 bridgehead atoms. The van der Waals surface area contributed by atoms with E-state index in [9.17, 15) is 0 Å². The summed E-state index contributed by atoms with van der Waals surface area (Å²) in [5.74, 6) is 0. The molecule has 1 nitrogen and oxygen atoms in total. The molecule has 0 N–H and O–H groups in total. The van der Waals surface area contributed by atoms with E-state index < -0.39 is 0 Å². The Morgan fingerprint density at radius 1 is 1.14 bits per heavy atom. The molecule has 0 aliphatic carbocycles. The highest BCUT2D eigenvalue weighted by Gasteiger charge is 2.23. The van der Waals surface area contributed by atoms with Gasteiger partial charge in [0.2, 0.25) is 0 Å². The molecule has 1 aliphatic rings. The summed E-state index contributed by atoms with van der Waals surface area (Å²) < 4.78 is 1.25. The molecular formula is C5H12BrN. The fraction of sp³-hybridized carbons (Fsp3) is 1.00. The smallest absolute Gasteiger partial charge is 0.0836 e. The summed E-state index contributed by atoms with van der Waals surface area (Å²) in [5.41, 5.74) is 0. The molecule has 0 spiro atoms. The monoisotopic (exact) mass is 165 g/mol. The Morgan fingerprint density at radius 2 is 1.43 bits per heavy atom. The fourth-order valence-corrected chi connectivity index (χ4v) is 0.791. The highest BCUT2D eigenvalue weighted by molar-refractivity contribution is 4.45. The first-order valence-corrected chi connectivity index (χ1v) is 2.53. The average Bonchev–Trinajstić information content (AvgIpc) is 1.32. The SMILES string of the molecule is C[N+]1(C)CCC1.[Br-]. The molecule has 2 heteroatoms. The standard InChI is InChI=1S/C5H12N.BrH/c1-6(2)4-3-5-6;/h3-5H2,1-2H3;1H/q+1;/p-1. The van der Waals surface area contributed by atoms with Crippen molar-refractivity contribution in [3.63, 3.8) is 0 Å². The molecule has 0 aromatic heterocycles. The minimum atomic E-state index is 0. The number of nitrogens with zero attached hydrogens (tertiary/aromatic N) is 1. The molecule has 0 saturated carbocycles. The molecule has 1 saturated heterocycles. The Hall–Kier alpha value is 0.440. The number of rotatable bonds is 0. The van der Waals surface area contributed by atoms with Crippen LogP contribution in [-0.2, 0) is 0 Å². The van der Waals surface area contributed by atoms with Crippen LogP contribution in [0.25, 0.3) is 0 Å². The van der Waals surface area contributed by atoms with Gasteiger partial charge in [-0.3, -0.25) is 0 Å². The van der Waals surface area contributed by atoms with Crippen molar-refractivity contribution in [2.75, 3.05) is 27.2 Å². The summed E-state index contributed by atoms with van der Waals surface area (Å²) in [4.78, 5) is 0. The Morgan fingerprint density at radius 3 is 1.43 bits per heavy atom. The van der Waals surface area contributed by atoms with Crippen molar-refractivity contribution < 1.29 is 21.5 Å². The van der Waals surface area contributed by atoms with Gasteiger partial charge in [0.25, 0.3) is 0 Å². The van der Waals surface area contributed by atoms with Crippen LogP contribution in [0, 0.1) is 0 Å². The molecular weight excluding hydrogens is 154 g/mol. The molecule has 1 fully saturated rings. The molecule has 0 unspecified atom stereocenters. The van der Waals surface area contributed by atoms with Crippen molar-refractivity contribution in [1.29, 1.82) is 0 Å². The summed E-state index contributed by atoms with van der Waals surface area (Å²) in [6, 6.07) is 0. The van der Waals surface area contributed by atoms with Gasteiger partial charge in [-0.25, -0.2) is 0 Å². The zero-order chi connectivity index (χ0) is 4.62. The van der Waals surface area contributed by atoms with Crippen LogP contribution < -0.4 is 17.0 Å². The quantitative estimate of drug-likeness (QED) is 0.348. The van der Waals surface area contributed by atoms with Gasteiger partial charge in [0.1, 0.15) is 0 Å². The van der Waals surface area contributed by atoms with Crippen molar-refractivity contribution in [1.82, 2.24) is 0 Å². The minimum Gasteiger partial charge on any atom is -1.00 e. The van der Waals surface area contributed by atoms with Gasteiger partial charge in [-0.15, -0.1) is 0 Å². The van der Waals surface area contributed by atoms with Crippen LogP contribution in [0.15, 0.2) is 0 Å². The first-order chi connectivity index (χ1) is 2.71. The van der Waals surface area contributed by atoms with Crippen molar-refractivity contribution in [2.24, 2.45) is 0 Å². The van der Waals surface area contributed by atoms with Gasteiger partial charge in [-0.1, -0.05) is 0 Å². The van der Waals surface area contributed by atoms with E-state index in [-0.39, 0.29) is 17.0 Å². The third-order valence-electron chi connectivity index (χ3n) is 1.53. The predicted molar refractivity (Wildman–Crippen MR) is 26.5 cm³/mol. The van der Waals surface area contributed by atoms with Gasteiger partial charge < -0.3 is 21.5 Å². The average molecular weight is 166 g/mol. The molecule has 44 valence electrons. The second kappa shape index (κ2) is 2.14. The lowest BCUT2D eigenvalue weighted by atomic mass is 10.2. The minimum absolute atomic E-state index is 0. The van der Waals surface area contributed by atoms with Crippen molar-refractivity contribution in [3.8, 4) is 0 Å². The Kier molecular flexibility index (Phi) is 2.27. The van der Waals surface area contributed by atoms with Gasteiger partial charge in [-0.05, 0) is 0 Å². The molecule has 0 radical (unpaired) electrons. The van der Waals surface area contributed by atoms with Crippen LogP contribution in [0.2, 0.25) is 0 Å². The van der Waals surface area contributed by atoms with E-state index in [4.69, 9.17) is 0 Å². The maximum Gasteiger partial charge on any atom is 0.0836 e. The van der Waals surface area contributed by atoms with Crippen LogP contribution in [0.4, 0.5) is 0 Å². The van der Waals surface area contributed by atoms with Crippen molar-refractivity contribution in [3.05, 3.63) is 0 Å². The first-order valence-electron chi connectivity index (χ1n) is 2.53. The molecule has 0 atom stereocenters. The van der Waals surface area contributed by atoms with E-state index in [0.29, 0.717) is 0 Å². The summed E-state index contributed by atoms with van der Waals surface area (Å²) in [7, 11) is 4.53. The van der Waals surface area contributed by atoms with Crippen LogP contribution >= 0.6 is 0 Å². The van der Waals surface area contributed by atoms with Crippen LogP contribution in [0.5, 0.6) is 0 Å². The van der Waals surface area contributed by atoms with E-state index in [1.54, 1.807) is 0 Å². The van der Waals surface area contributed by atoms with E-state index >= 15 is 0 Å². The lowest BCUT2D eigenvalue weighted by Crippen LogP contribution is -3.00. The molecule has 1 aliphatic heterocycles. The van der Waals surface area contributed by atoms with E-state index in [0.717, 1.165) is 0 Å². The fourth-order valence-electron chi connectivity index (χ4n) is 0.791. The zero-order valence-corrected chi connectivity index (χ0v) is 6.53. The maximum atomic E-state index is 2.27. The third kappa shape index (κ3) is 1.78. The lowest BCUT2D eigenvalue weighted by molar-refractivity contribution is -0.927. The topological polar surface area (TPSA) is 0 Å². The van der Waals surface area contributed by atoms with Crippen LogP contribution in [0.1, 0.15) is 6.42 Å². The maximum absolute atomic E-state index is 2.27. The molecule has 0 aromatic rings. The van der Waals surface area contributed by atoms with Gasteiger partial charge in [0.05, 0.1) is 27.2 Å². The zero-order valence-electron chi connectivity index (χ0n) is 4.95. The third-order valence-corrected chi connectivity index (χ3v) is 1.53. The van der Waals surface area contributed by atoms with E-state index in [1.165, 1.54) is 24.0 Å². The van der Waals surface area contributed by atoms with E-state index in [1.807, 2.05) is 0 Å². The largest absolute Gasteiger partial charge is 1.00 e. The van der Waals surface area contributed by atoms with Crippen molar-refractivity contribution in [2.45, 2.75) is 6.42 Å². The van der Waals surface area contributed by atoms with Gasteiger partial charge in [0, 0.05) is 6.42 Å². The number of hydrogen-bond donors (Lipinski definition) is 0. The van der Waals surface area contributed by atoms with Gasteiger partial charge >= 0.3 is 0 Å². The molecule has 1 rings (SSSR count). The molecule has 0 aromatic carbocycles. The summed E-state index contributed by atoms with van der Waals surface area (Å²) in [6.07, 6.45) is 1.44. The molecule has 1 heterocycles. The second-order valence-electron chi connectivity index (χ2n) is 2.74. The number of quaternary nitrogens is 1. The van der Waals surface area contributed by atoms with Crippen LogP contribution in [0.3, 0.4) is 0 Å². The first kappa shape index (κ1) is 7.44. The lowest BCUT2D eigenvalue weighted by Gasteiger charge is -2.37. The number of halogens is 1. The number of hydrogen-bond acceptors (Lipinski definition) is 0. The van der Waals surface area contributed by atoms with E-state index in [2.05, 4.69) is 14.1 Å².